The summed E-state index contributed by atoms with van der Waals surface area (Å²) in [4.78, 5) is 27.1. The molecule has 28 heavy (non-hydrogen) atoms. The summed E-state index contributed by atoms with van der Waals surface area (Å²) in [6.45, 7) is 3.54. The molecule has 2 rings (SSSR count). The first-order chi connectivity index (χ1) is 13.1. The highest BCUT2D eigenvalue weighted by Gasteiger charge is 2.36. The molecule has 9 nitrogen and oxygen atoms in total. The Hall–Kier alpha value is -2.04. The van der Waals surface area contributed by atoms with E-state index in [-0.39, 0.29) is 30.5 Å². The maximum atomic E-state index is 12.8. The van der Waals surface area contributed by atoms with Gasteiger partial charge in [0.05, 0.1) is 18.6 Å². The number of amides is 2. The fraction of sp³-hybridized carbons (Fsp3) is 0.556. The molecule has 0 aromatic carbocycles. The molecule has 0 unspecified atom stereocenters. The second-order valence-electron chi connectivity index (χ2n) is 7.26. The molecule has 1 aliphatic rings. The van der Waals surface area contributed by atoms with Crippen LogP contribution in [0.15, 0.2) is 29.4 Å². The second-order valence-corrected chi connectivity index (χ2v) is 9.14. The third kappa shape index (κ3) is 5.73. The van der Waals surface area contributed by atoms with Crippen LogP contribution in [0, 0.1) is 18.3 Å². The topological polar surface area (TPSA) is 143 Å². The van der Waals surface area contributed by atoms with Crippen LogP contribution >= 0.6 is 0 Å². The van der Waals surface area contributed by atoms with Gasteiger partial charge in [0.25, 0.3) is 10.0 Å². The smallest absolute Gasteiger partial charge is 0.260 e. The Morgan fingerprint density at radius 3 is 2.75 bits per heavy atom. The number of hydrogen-bond acceptors (Lipinski definition) is 6. The van der Waals surface area contributed by atoms with E-state index >= 15 is 0 Å². The average Bonchev–Trinajstić information content (AvgIpc) is 2.79. The lowest BCUT2D eigenvalue weighted by molar-refractivity contribution is -0.121. The Balaban J connectivity index is 2.04. The predicted octanol–water partition coefficient (Wildman–Crippen LogP) is -0.326. The highest BCUT2D eigenvalue weighted by atomic mass is 32.2. The van der Waals surface area contributed by atoms with E-state index in [1.165, 1.54) is 23.0 Å². The number of β-amino-alcohol motifs (C(OH)–C–C–N with tert-alkyl or cyclic N) is 1. The maximum absolute atomic E-state index is 12.8. The van der Waals surface area contributed by atoms with Crippen LogP contribution in [0.1, 0.15) is 26.7 Å². The molecule has 1 fully saturated rings. The quantitative estimate of drug-likeness (QED) is 0.561. The zero-order valence-corrected chi connectivity index (χ0v) is 16.8. The van der Waals surface area contributed by atoms with Crippen LogP contribution in [0.2, 0.25) is 0 Å². The lowest BCUT2D eigenvalue weighted by Crippen LogP contribution is -2.47. The number of pyridine rings is 1. The van der Waals surface area contributed by atoms with Crippen molar-refractivity contribution in [1.29, 1.82) is 0 Å². The van der Waals surface area contributed by atoms with Crippen molar-refractivity contribution in [3.63, 3.8) is 0 Å². The molecule has 155 valence electrons. The minimum atomic E-state index is -3.84. The van der Waals surface area contributed by atoms with Crippen molar-refractivity contribution in [2.75, 3.05) is 13.1 Å². The van der Waals surface area contributed by atoms with Gasteiger partial charge in [-0.25, -0.2) is 13.4 Å². The number of nitrogens with one attached hydrogen (secondary N) is 1. The van der Waals surface area contributed by atoms with Gasteiger partial charge in [-0.1, -0.05) is 19.9 Å². The molecule has 0 bridgehead atoms. The monoisotopic (exact) mass is 411 g/mol. The number of aliphatic hydroxyl groups is 1. The molecular formula is C18H27N4O5S. The lowest BCUT2D eigenvalue weighted by atomic mass is 9.99. The van der Waals surface area contributed by atoms with Gasteiger partial charge in [-0.2, -0.15) is 4.31 Å². The molecule has 1 aliphatic heterocycles. The summed E-state index contributed by atoms with van der Waals surface area (Å²) in [6.07, 6.45) is 2.26. The van der Waals surface area contributed by atoms with Crippen molar-refractivity contribution in [2.45, 2.75) is 43.9 Å². The number of carbonyl (C=O) groups is 2. The Morgan fingerprint density at radius 2 is 2.14 bits per heavy atom. The minimum Gasteiger partial charge on any atom is -0.390 e. The van der Waals surface area contributed by atoms with Gasteiger partial charge in [-0.05, 0) is 30.9 Å². The van der Waals surface area contributed by atoms with Crippen LogP contribution in [0.4, 0.5) is 0 Å². The van der Waals surface area contributed by atoms with E-state index in [0.29, 0.717) is 6.42 Å². The van der Waals surface area contributed by atoms with Gasteiger partial charge >= 0.3 is 0 Å². The first-order valence-corrected chi connectivity index (χ1v) is 10.6. The zero-order chi connectivity index (χ0) is 20.9. The number of carbonyl (C=O) groups excluding carboxylic acids is 2. The normalized spacial score (nSPS) is 24.9. The molecule has 1 aromatic rings. The van der Waals surface area contributed by atoms with Gasteiger partial charge in [0.2, 0.25) is 11.8 Å². The molecule has 0 aliphatic carbocycles. The van der Waals surface area contributed by atoms with Crippen molar-refractivity contribution in [1.82, 2.24) is 14.6 Å². The number of rotatable bonds is 7. The zero-order valence-electron chi connectivity index (χ0n) is 16.0. The van der Waals surface area contributed by atoms with E-state index in [1.807, 2.05) is 6.92 Å². The summed E-state index contributed by atoms with van der Waals surface area (Å²) in [5.74, 6) is -1.49. The van der Waals surface area contributed by atoms with Gasteiger partial charge in [0.1, 0.15) is 0 Å². The van der Waals surface area contributed by atoms with Gasteiger partial charge in [0, 0.05) is 25.2 Å². The second kappa shape index (κ2) is 9.44. The third-order valence-electron chi connectivity index (χ3n) is 4.74. The molecule has 10 heteroatoms. The van der Waals surface area contributed by atoms with Crippen molar-refractivity contribution in [3.8, 4) is 0 Å². The van der Waals surface area contributed by atoms with Gasteiger partial charge in [-0.3, -0.25) is 9.59 Å². The van der Waals surface area contributed by atoms with Crippen LogP contribution in [0.3, 0.4) is 0 Å². The number of sulfonamides is 1. The van der Waals surface area contributed by atoms with E-state index in [0.717, 1.165) is 0 Å². The first kappa shape index (κ1) is 22.3. The molecule has 4 atom stereocenters. The number of nitrogens with zero attached hydrogens (tertiary/aromatic N) is 2. The standard InChI is InChI=1S/C18H27N4O5S/c1-12-9-14(21-16(24)7-6-13(2)18(19)25)15(23)11-22(10-12)28(26,27)17-5-3-4-8-20-17/h3-5,7-8,12-15,23H,6,9-11H2,1-2H3,(H2,19,25)(H,21,24)/t12-,13-,14-,15-/m0/s1. The molecular weight excluding hydrogens is 384 g/mol. The molecule has 2 heterocycles. The van der Waals surface area contributed by atoms with Crippen LogP contribution in [-0.2, 0) is 19.6 Å². The van der Waals surface area contributed by atoms with Crippen molar-refractivity contribution in [2.24, 2.45) is 17.6 Å². The fourth-order valence-corrected chi connectivity index (χ4v) is 4.56. The Labute approximate surface area is 165 Å². The lowest BCUT2D eigenvalue weighted by Gasteiger charge is -2.24. The van der Waals surface area contributed by atoms with E-state index in [9.17, 15) is 23.1 Å². The SMILES string of the molecule is C[C@H]1C[C@H](NC(=O)[CH]C[C@H](C)C(N)=O)[C@@H](O)CN(S(=O)(=O)c2ccccn2)C1. The largest absolute Gasteiger partial charge is 0.390 e. The summed E-state index contributed by atoms with van der Waals surface area (Å²) in [5.41, 5.74) is 5.17. The Bertz CT molecular complexity index is 786. The number of primary amides is 1. The Kier molecular flexibility index (Phi) is 7.50. The molecule has 4 N–H and O–H groups in total. The van der Waals surface area contributed by atoms with Crippen LogP contribution < -0.4 is 11.1 Å². The van der Waals surface area contributed by atoms with Crippen LogP contribution in [0.5, 0.6) is 0 Å². The van der Waals surface area contributed by atoms with Crippen molar-refractivity contribution >= 4 is 21.8 Å². The van der Waals surface area contributed by atoms with Crippen LogP contribution in [0.25, 0.3) is 0 Å². The number of hydrogen-bond donors (Lipinski definition) is 3. The van der Waals surface area contributed by atoms with Crippen molar-refractivity contribution < 1.29 is 23.1 Å². The van der Waals surface area contributed by atoms with Gasteiger partial charge in [-0.15, -0.1) is 0 Å². The molecule has 1 radical (unpaired) electrons. The highest BCUT2D eigenvalue weighted by molar-refractivity contribution is 7.89. The summed E-state index contributed by atoms with van der Waals surface area (Å²) in [7, 11) is -3.84. The number of nitrogens with two attached hydrogens (primary N) is 1. The fourth-order valence-electron chi connectivity index (χ4n) is 3.05. The van der Waals surface area contributed by atoms with E-state index in [4.69, 9.17) is 5.73 Å². The molecule has 0 saturated carbocycles. The summed E-state index contributed by atoms with van der Waals surface area (Å²) in [5, 5.41) is 13.2. The third-order valence-corrected chi connectivity index (χ3v) is 6.49. The summed E-state index contributed by atoms with van der Waals surface area (Å²) < 4.78 is 26.8. The predicted molar refractivity (Wildman–Crippen MR) is 102 cm³/mol. The van der Waals surface area contributed by atoms with Gasteiger partial charge < -0.3 is 16.2 Å². The average molecular weight is 412 g/mol. The maximum Gasteiger partial charge on any atom is 0.260 e. The molecule has 2 amide bonds. The first-order valence-electron chi connectivity index (χ1n) is 9.13. The molecule has 1 aromatic heterocycles. The van der Waals surface area contributed by atoms with Crippen molar-refractivity contribution in [3.05, 3.63) is 30.8 Å². The summed E-state index contributed by atoms with van der Waals surface area (Å²) >= 11 is 0. The highest BCUT2D eigenvalue weighted by Crippen LogP contribution is 2.23. The van der Waals surface area contributed by atoms with Gasteiger partial charge in [0.15, 0.2) is 5.03 Å². The number of aliphatic hydroxyl groups excluding tert-OH is 1. The Morgan fingerprint density at radius 1 is 1.43 bits per heavy atom. The van der Waals surface area contributed by atoms with E-state index < -0.39 is 39.9 Å². The van der Waals surface area contributed by atoms with E-state index in [2.05, 4.69) is 10.3 Å². The summed E-state index contributed by atoms with van der Waals surface area (Å²) in [6, 6.07) is 4.01. The molecule has 1 saturated heterocycles. The minimum absolute atomic E-state index is 0.0781. The van der Waals surface area contributed by atoms with E-state index in [1.54, 1.807) is 19.1 Å². The molecule has 0 spiro atoms. The van der Waals surface area contributed by atoms with Crippen LogP contribution in [-0.4, -0.2) is 59.9 Å². The number of aromatic nitrogens is 1.